The van der Waals surface area contributed by atoms with Gasteiger partial charge in [0.2, 0.25) is 5.91 Å². The number of benzene rings is 1. The van der Waals surface area contributed by atoms with Crippen LogP contribution in [0.4, 0.5) is 4.39 Å². The molecule has 0 spiro atoms. The number of nitrogens with one attached hydrogen (secondary N) is 1. The second kappa shape index (κ2) is 9.02. The third-order valence-electron chi connectivity index (χ3n) is 5.03. The van der Waals surface area contributed by atoms with E-state index >= 15 is 0 Å². The largest absolute Gasteiger partial charge is 0.489 e. The number of nitrogens with zero attached hydrogens (tertiary/aromatic N) is 1. The van der Waals surface area contributed by atoms with E-state index < -0.39 is 0 Å². The number of likely N-dealkylation sites (N-methyl/N-ethyl adjacent to an activating group) is 1. The highest BCUT2D eigenvalue weighted by molar-refractivity contribution is 5.78. The van der Waals surface area contributed by atoms with Crippen LogP contribution >= 0.6 is 0 Å². The lowest BCUT2D eigenvalue weighted by molar-refractivity contribution is -0.123. The average molecular weight is 336 g/mol. The van der Waals surface area contributed by atoms with Crippen molar-refractivity contribution in [2.75, 3.05) is 26.7 Å². The summed E-state index contributed by atoms with van der Waals surface area (Å²) in [4.78, 5) is 14.1. The highest BCUT2D eigenvalue weighted by Crippen LogP contribution is 2.29. The minimum atomic E-state index is -0.363. The van der Waals surface area contributed by atoms with Crippen molar-refractivity contribution in [2.45, 2.75) is 39.2 Å². The van der Waals surface area contributed by atoms with Crippen LogP contribution in [0.5, 0.6) is 5.75 Å². The minimum absolute atomic E-state index is 0.0503. The van der Waals surface area contributed by atoms with Crippen molar-refractivity contribution in [3.05, 3.63) is 30.1 Å². The lowest BCUT2D eigenvalue weighted by Gasteiger charge is -2.35. The normalized spacial score (nSPS) is 24.0. The molecule has 1 saturated carbocycles. The Kier molecular flexibility index (Phi) is 7.03. The van der Waals surface area contributed by atoms with Crippen molar-refractivity contribution in [3.8, 4) is 5.75 Å². The molecule has 1 amide bonds. The first-order chi connectivity index (χ1) is 11.5. The summed E-state index contributed by atoms with van der Waals surface area (Å²) in [5.74, 6) is 1.13. The molecule has 0 aliphatic heterocycles. The third kappa shape index (κ3) is 5.48. The summed E-state index contributed by atoms with van der Waals surface area (Å²) >= 11 is 0. The van der Waals surface area contributed by atoms with Gasteiger partial charge in [0.05, 0.1) is 6.54 Å². The predicted octanol–water partition coefficient (Wildman–Crippen LogP) is 3.08. The van der Waals surface area contributed by atoms with Crippen molar-refractivity contribution in [1.29, 1.82) is 0 Å². The summed E-state index contributed by atoms with van der Waals surface area (Å²) in [7, 11) is 1.87. The van der Waals surface area contributed by atoms with Gasteiger partial charge in [-0.2, -0.15) is 0 Å². The Bertz CT molecular complexity index is 538. The van der Waals surface area contributed by atoms with E-state index in [1.165, 1.54) is 18.9 Å². The molecular weight excluding hydrogens is 307 g/mol. The Morgan fingerprint density at radius 2 is 2.08 bits per heavy atom. The Morgan fingerprint density at radius 1 is 1.33 bits per heavy atom. The number of ether oxygens (including phenoxy) is 1. The Morgan fingerprint density at radius 3 is 2.83 bits per heavy atom. The molecule has 1 aliphatic carbocycles. The SMILES string of the molecule is C[C@H]1[C@H](C)CCC[C@@H]1NC(=O)CN(C)CCOc1ccccc1F. The first-order valence-corrected chi connectivity index (χ1v) is 8.82. The molecule has 1 aromatic rings. The number of carbonyl (C=O) groups excluding carboxylic acids is 1. The molecule has 0 radical (unpaired) electrons. The van der Waals surface area contributed by atoms with Crippen LogP contribution < -0.4 is 10.1 Å². The van der Waals surface area contributed by atoms with Crippen LogP contribution in [0.25, 0.3) is 0 Å². The van der Waals surface area contributed by atoms with Crippen molar-refractivity contribution >= 4 is 5.91 Å². The monoisotopic (exact) mass is 336 g/mol. The van der Waals surface area contributed by atoms with E-state index in [1.54, 1.807) is 18.2 Å². The van der Waals surface area contributed by atoms with E-state index in [9.17, 15) is 9.18 Å². The fourth-order valence-electron chi connectivity index (χ4n) is 3.24. The maximum absolute atomic E-state index is 13.5. The Labute approximate surface area is 144 Å². The van der Waals surface area contributed by atoms with Crippen LogP contribution in [0.2, 0.25) is 0 Å². The molecule has 0 saturated heterocycles. The number of hydrogen-bond acceptors (Lipinski definition) is 3. The quantitative estimate of drug-likeness (QED) is 0.832. The number of halogens is 1. The van der Waals surface area contributed by atoms with Gasteiger partial charge in [0.1, 0.15) is 6.61 Å². The van der Waals surface area contributed by atoms with Crippen LogP contribution in [0, 0.1) is 17.7 Å². The standard InChI is InChI=1S/C19H29FN2O2/c1-14-7-6-9-17(15(14)2)21-19(23)13-22(3)11-12-24-18-10-5-4-8-16(18)20/h4-5,8,10,14-15,17H,6-7,9,11-13H2,1-3H3,(H,21,23)/t14-,15+,17+/m1/s1. The van der Waals surface area contributed by atoms with Crippen LogP contribution in [0.15, 0.2) is 24.3 Å². The predicted molar refractivity (Wildman–Crippen MR) is 93.5 cm³/mol. The molecule has 0 heterocycles. The van der Waals surface area contributed by atoms with Crippen molar-refractivity contribution in [2.24, 2.45) is 11.8 Å². The molecular formula is C19H29FN2O2. The van der Waals surface area contributed by atoms with Crippen molar-refractivity contribution < 1.29 is 13.9 Å². The summed E-state index contributed by atoms with van der Waals surface area (Å²) in [6.07, 6.45) is 3.50. The van der Waals surface area contributed by atoms with Gasteiger partial charge in [0.15, 0.2) is 11.6 Å². The maximum atomic E-state index is 13.5. The molecule has 4 nitrogen and oxygen atoms in total. The summed E-state index contributed by atoms with van der Waals surface area (Å²) in [6, 6.07) is 6.63. The van der Waals surface area contributed by atoms with E-state index in [4.69, 9.17) is 4.74 Å². The molecule has 134 valence electrons. The summed E-state index contributed by atoms with van der Waals surface area (Å²) < 4.78 is 18.9. The average Bonchev–Trinajstić information content (AvgIpc) is 2.53. The fraction of sp³-hybridized carbons (Fsp3) is 0.632. The number of hydrogen-bond donors (Lipinski definition) is 1. The molecule has 24 heavy (non-hydrogen) atoms. The molecule has 2 rings (SSSR count). The first-order valence-electron chi connectivity index (χ1n) is 8.82. The smallest absolute Gasteiger partial charge is 0.234 e. The number of rotatable bonds is 7. The molecule has 0 bridgehead atoms. The van der Waals surface area contributed by atoms with Gasteiger partial charge in [-0.05, 0) is 37.4 Å². The van der Waals surface area contributed by atoms with E-state index in [0.717, 1.165) is 6.42 Å². The maximum Gasteiger partial charge on any atom is 0.234 e. The fourth-order valence-corrected chi connectivity index (χ4v) is 3.24. The van der Waals surface area contributed by atoms with Crippen LogP contribution in [-0.4, -0.2) is 43.6 Å². The lowest BCUT2D eigenvalue weighted by Crippen LogP contribution is -2.47. The first kappa shape index (κ1) is 18.7. The van der Waals surface area contributed by atoms with Crippen LogP contribution in [0.3, 0.4) is 0 Å². The zero-order valence-corrected chi connectivity index (χ0v) is 14.9. The van der Waals surface area contributed by atoms with Gasteiger partial charge in [0, 0.05) is 12.6 Å². The number of para-hydroxylation sites is 1. The van der Waals surface area contributed by atoms with Gasteiger partial charge in [0.25, 0.3) is 0 Å². The zero-order chi connectivity index (χ0) is 17.5. The summed E-state index contributed by atoms with van der Waals surface area (Å²) in [5.41, 5.74) is 0. The Balaban J connectivity index is 1.69. The number of amides is 1. The van der Waals surface area contributed by atoms with E-state index in [-0.39, 0.29) is 23.5 Å². The van der Waals surface area contributed by atoms with Gasteiger partial charge in [-0.25, -0.2) is 4.39 Å². The minimum Gasteiger partial charge on any atom is -0.489 e. The second-order valence-corrected chi connectivity index (χ2v) is 6.96. The van der Waals surface area contributed by atoms with Gasteiger partial charge >= 0.3 is 0 Å². The van der Waals surface area contributed by atoms with Crippen molar-refractivity contribution in [1.82, 2.24) is 10.2 Å². The van der Waals surface area contributed by atoms with Crippen LogP contribution in [0.1, 0.15) is 33.1 Å². The van der Waals surface area contributed by atoms with Gasteiger partial charge in [-0.3, -0.25) is 9.69 Å². The molecule has 0 unspecified atom stereocenters. The third-order valence-corrected chi connectivity index (χ3v) is 5.03. The molecule has 1 aliphatic rings. The van der Waals surface area contributed by atoms with E-state index in [2.05, 4.69) is 19.2 Å². The van der Waals surface area contributed by atoms with Crippen molar-refractivity contribution in [3.63, 3.8) is 0 Å². The number of carbonyl (C=O) groups is 1. The molecule has 1 aromatic carbocycles. The second-order valence-electron chi connectivity index (χ2n) is 6.96. The highest BCUT2D eigenvalue weighted by Gasteiger charge is 2.28. The molecule has 1 N–H and O–H groups in total. The Hall–Kier alpha value is -1.62. The molecule has 1 fully saturated rings. The lowest BCUT2D eigenvalue weighted by atomic mass is 9.78. The summed E-state index contributed by atoms with van der Waals surface area (Å²) in [5, 5.41) is 3.17. The van der Waals surface area contributed by atoms with Crippen LogP contribution in [-0.2, 0) is 4.79 Å². The van der Waals surface area contributed by atoms with Gasteiger partial charge in [-0.15, -0.1) is 0 Å². The summed E-state index contributed by atoms with van der Waals surface area (Å²) in [6.45, 7) is 5.73. The zero-order valence-electron chi connectivity index (χ0n) is 14.9. The molecule has 3 atom stereocenters. The highest BCUT2D eigenvalue weighted by atomic mass is 19.1. The van der Waals surface area contributed by atoms with E-state index in [1.807, 2.05) is 11.9 Å². The topological polar surface area (TPSA) is 41.6 Å². The molecule has 0 aromatic heterocycles. The van der Waals surface area contributed by atoms with Gasteiger partial charge < -0.3 is 10.1 Å². The molecule has 5 heteroatoms. The van der Waals surface area contributed by atoms with E-state index in [0.29, 0.717) is 31.5 Å². The van der Waals surface area contributed by atoms with Gasteiger partial charge in [-0.1, -0.05) is 38.8 Å².